The molecule has 5 heteroatoms. The summed E-state index contributed by atoms with van der Waals surface area (Å²) in [4.78, 5) is 15.1. The van der Waals surface area contributed by atoms with Gasteiger partial charge in [0.05, 0.1) is 13.7 Å². The zero-order chi connectivity index (χ0) is 21.7. The van der Waals surface area contributed by atoms with Crippen LogP contribution in [0.15, 0.2) is 48.5 Å². The number of nitrogens with one attached hydrogen (secondary N) is 1. The molecule has 166 valence electrons. The Balaban J connectivity index is 1.23. The lowest BCUT2D eigenvalue weighted by molar-refractivity contribution is -0.123. The van der Waals surface area contributed by atoms with Crippen molar-refractivity contribution >= 4 is 5.91 Å². The lowest BCUT2D eigenvalue weighted by atomic mass is 9.90. The molecular weight excluding hydrogens is 388 g/mol. The largest absolute Gasteiger partial charge is 0.493 e. The number of hydrogen-bond acceptors (Lipinski definition) is 4. The number of carbonyl (C=O) groups excluding carboxylic acids is 1. The molecule has 2 aliphatic rings. The van der Waals surface area contributed by atoms with Crippen molar-refractivity contribution in [2.75, 3.05) is 33.4 Å². The Labute approximate surface area is 185 Å². The molecule has 1 atom stereocenters. The first-order chi connectivity index (χ1) is 15.1. The first-order valence-corrected chi connectivity index (χ1v) is 11.5. The standard InChI is InChI=1S/C26H34N2O3/c1-3-31-24-17-21(9-10-23(24)30-2)19-28-15-12-26(13-16-28)18-22(26)25(29)27-14-11-20-7-5-4-6-8-20/h4-10,17,22H,3,11-16,18-19H2,1-2H3,(H,27,29). The summed E-state index contributed by atoms with van der Waals surface area (Å²) in [5.74, 6) is 2.05. The molecule has 0 bridgehead atoms. The SMILES string of the molecule is CCOc1cc(CN2CCC3(CC2)CC3C(=O)NCCc2ccccc2)ccc1OC. The summed E-state index contributed by atoms with van der Waals surface area (Å²) in [6.07, 6.45) is 4.16. The fraction of sp³-hybridized carbons (Fsp3) is 0.500. The van der Waals surface area contributed by atoms with Crippen LogP contribution in [0, 0.1) is 11.3 Å². The van der Waals surface area contributed by atoms with Gasteiger partial charge in [0, 0.05) is 19.0 Å². The third-order valence-electron chi connectivity index (χ3n) is 6.85. The second kappa shape index (κ2) is 9.73. The van der Waals surface area contributed by atoms with Gasteiger partial charge in [-0.2, -0.15) is 0 Å². The molecule has 1 saturated carbocycles. The summed E-state index contributed by atoms with van der Waals surface area (Å²) < 4.78 is 11.1. The second-order valence-electron chi connectivity index (χ2n) is 8.84. The number of piperidine rings is 1. The lowest BCUT2D eigenvalue weighted by Crippen LogP contribution is -2.37. The van der Waals surface area contributed by atoms with Gasteiger partial charge >= 0.3 is 0 Å². The fourth-order valence-electron chi connectivity index (χ4n) is 4.87. The quantitative estimate of drug-likeness (QED) is 0.662. The number of amides is 1. The summed E-state index contributed by atoms with van der Waals surface area (Å²) in [6.45, 7) is 6.34. The second-order valence-corrected chi connectivity index (χ2v) is 8.84. The molecule has 2 aromatic carbocycles. The minimum absolute atomic E-state index is 0.205. The van der Waals surface area contributed by atoms with E-state index in [1.54, 1.807) is 7.11 Å². The fourth-order valence-corrected chi connectivity index (χ4v) is 4.87. The molecule has 1 aliphatic carbocycles. The maximum absolute atomic E-state index is 12.7. The van der Waals surface area contributed by atoms with Crippen LogP contribution < -0.4 is 14.8 Å². The predicted octanol–water partition coefficient (Wildman–Crippen LogP) is 4.05. The Morgan fingerprint density at radius 1 is 1.10 bits per heavy atom. The van der Waals surface area contributed by atoms with E-state index in [9.17, 15) is 4.79 Å². The minimum atomic E-state index is 0.205. The average molecular weight is 423 g/mol. The van der Waals surface area contributed by atoms with Crippen LogP contribution in [-0.4, -0.2) is 44.2 Å². The van der Waals surface area contributed by atoms with E-state index in [0.29, 0.717) is 6.61 Å². The third kappa shape index (κ3) is 5.21. The molecule has 5 nitrogen and oxygen atoms in total. The van der Waals surface area contributed by atoms with Gasteiger partial charge in [-0.3, -0.25) is 9.69 Å². The first-order valence-electron chi connectivity index (χ1n) is 11.5. The van der Waals surface area contributed by atoms with E-state index in [4.69, 9.17) is 9.47 Å². The van der Waals surface area contributed by atoms with Crippen LogP contribution in [0.1, 0.15) is 37.3 Å². The highest BCUT2D eigenvalue weighted by Crippen LogP contribution is 2.59. The zero-order valence-electron chi connectivity index (χ0n) is 18.7. The maximum Gasteiger partial charge on any atom is 0.223 e. The van der Waals surface area contributed by atoms with Gasteiger partial charge < -0.3 is 14.8 Å². The number of nitrogens with zero attached hydrogens (tertiary/aromatic N) is 1. The molecule has 1 N–H and O–H groups in total. The number of rotatable bonds is 9. The van der Waals surface area contributed by atoms with Crippen molar-refractivity contribution in [1.29, 1.82) is 0 Å². The monoisotopic (exact) mass is 422 g/mol. The molecule has 1 aliphatic heterocycles. The minimum Gasteiger partial charge on any atom is -0.493 e. The van der Waals surface area contributed by atoms with Crippen LogP contribution in [0.5, 0.6) is 11.5 Å². The number of carbonyl (C=O) groups is 1. The summed E-state index contributed by atoms with van der Waals surface area (Å²) in [7, 11) is 1.67. The van der Waals surface area contributed by atoms with E-state index in [-0.39, 0.29) is 17.2 Å². The molecule has 4 rings (SSSR count). The number of benzene rings is 2. The highest BCUT2D eigenvalue weighted by Gasteiger charge is 2.58. The van der Waals surface area contributed by atoms with Crippen LogP contribution in [-0.2, 0) is 17.8 Å². The van der Waals surface area contributed by atoms with Gasteiger partial charge in [-0.25, -0.2) is 0 Å². The Bertz CT molecular complexity index is 875. The smallest absolute Gasteiger partial charge is 0.223 e. The van der Waals surface area contributed by atoms with Crippen molar-refractivity contribution in [1.82, 2.24) is 10.2 Å². The van der Waals surface area contributed by atoms with Crippen molar-refractivity contribution in [3.63, 3.8) is 0 Å². The van der Waals surface area contributed by atoms with E-state index in [1.807, 2.05) is 31.2 Å². The van der Waals surface area contributed by atoms with E-state index in [0.717, 1.165) is 63.4 Å². The first kappa shape index (κ1) is 21.7. The van der Waals surface area contributed by atoms with Crippen molar-refractivity contribution in [2.45, 2.75) is 39.2 Å². The Kier molecular flexibility index (Phi) is 6.81. The molecule has 2 fully saturated rings. The van der Waals surface area contributed by atoms with Gasteiger partial charge in [0.25, 0.3) is 0 Å². The maximum atomic E-state index is 12.7. The number of likely N-dealkylation sites (tertiary alicyclic amines) is 1. The number of methoxy groups -OCH3 is 1. The predicted molar refractivity (Wildman–Crippen MR) is 122 cm³/mol. The summed E-state index contributed by atoms with van der Waals surface area (Å²) in [5, 5.41) is 3.17. The van der Waals surface area contributed by atoms with Gasteiger partial charge in [-0.05, 0) is 74.4 Å². The normalized spacial score (nSPS) is 19.7. The molecule has 1 spiro atoms. The van der Waals surface area contributed by atoms with Crippen LogP contribution >= 0.6 is 0 Å². The van der Waals surface area contributed by atoms with Gasteiger partial charge in [-0.15, -0.1) is 0 Å². The van der Waals surface area contributed by atoms with Crippen molar-refractivity contribution in [3.05, 3.63) is 59.7 Å². The van der Waals surface area contributed by atoms with Crippen molar-refractivity contribution in [3.8, 4) is 11.5 Å². The van der Waals surface area contributed by atoms with Gasteiger partial charge in [0.15, 0.2) is 11.5 Å². The van der Waals surface area contributed by atoms with Crippen LogP contribution in [0.2, 0.25) is 0 Å². The van der Waals surface area contributed by atoms with Crippen LogP contribution in [0.4, 0.5) is 0 Å². The Morgan fingerprint density at radius 3 is 2.58 bits per heavy atom. The molecule has 31 heavy (non-hydrogen) atoms. The lowest BCUT2D eigenvalue weighted by Gasteiger charge is -2.33. The molecule has 1 amide bonds. The number of hydrogen-bond donors (Lipinski definition) is 1. The molecule has 1 heterocycles. The zero-order valence-corrected chi connectivity index (χ0v) is 18.7. The van der Waals surface area contributed by atoms with E-state index < -0.39 is 0 Å². The van der Waals surface area contributed by atoms with Crippen LogP contribution in [0.25, 0.3) is 0 Å². The van der Waals surface area contributed by atoms with Gasteiger partial charge in [0.1, 0.15) is 0 Å². The molecule has 1 unspecified atom stereocenters. The molecule has 0 radical (unpaired) electrons. The van der Waals surface area contributed by atoms with Crippen molar-refractivity contribution in [2.24, 2.45) is 11.3 Å². The summed E-state index contributed by atoms with van der Waals surface area (Å²) in [6, 6.07) is 16.5. The Hall–Kier alpha value is -2.53. The van der Waals surface area contributed by atoms with Gasteiger partial charge in [-0.1, -0.05) is 36.4 Å². The molecule has 0 aromatic heterocycles. The molecule has 2 aromatic rings. The summed E-state index contributed by atoms with van der Waals surface area (Å²) in [5.41, 5.74) is 2.75. The molecule has 1 saturated heterocycles. The highest BCUT2D eigenvalue weighted by molar-refractivity contribution is 5.82. The van der Waals surface area contributed by atoms with Crippen LogP contribution in [0.3, 0.4) is 0 Å². The summed E-state index contributed by atoms with van der Waals surface area (Å²) >= 11 is 0. The Morgan fingerprint density at radius 2 is 1.87 bits per heavy atom. The highest BCUT2D eigenvalue weighted by atomic mass is 16.5. The number of ether oxygens (including phenoxy) is 2. The topological polar surface area (TPSA) is 50.8 Å². The molecular formula is C26H34N2O3. The average Bonchev–Trinajstić information content (AvgIpc) is 3.50. The van der Waals surface area contributed by atoms with E-state index >= 15 is 0 Å². The van der Waals surface area contributed by atoms with E-state index in [1.165, 1.54) is 11.1 Å². The third-order valence-corrected chi connectivity index (χ3v) is 6.85. The van der Waals surface area contributed by atoms with E-state index in [2.05, 4.69) is 34.5 Å². The van der Waals surface area contributed by atoms with Gasteiger partial charge in [0.2, 0.25) is 5.91 Å². The van der Waals surface area contributed by atoms with Crippen molar-refractivity contribution < 1.29 is 14.3 Å².